The summed E-state index contributed by atoms with van der Waals surface area (Å²) in [5.41, 5.74) is 2.87. The Morgan fingerprint density at radius 3 is 2.53 bits per heavy atom. The molecule has 5 rings (SSSR count). The standard InChI is InChI=1S/C30H39FN2O3/c1-2-15-32(16-5-6-17-33-28(34)20-30(21-29(33)35)13-3-4-14-30)22-9-10-23-25(19-22)24(11-12-26(23)31)27-8-7-18-36-27/h7-8,11-12,18,22H,2-6,9-10,13-17,19-21H2,1H3/t22-/m1/s1. The van der Waals surface area contributed by atoms with Crippen LogP contribution in [0.3, 0.4) is 0 Å². The molecule has 2 fully saturated rings. The third-order valence-electron chi connectivity index (χ3n) is 8.75. The van der Waals surface area contributed by atoms with Crippen LogP contribution in [0.1, 0.15) is 82.3 Å². The van der Waals surface area contributed by atoms with Gasteiger partial charge < -0.3 is 9.32 Å². The molecule has 0 bridgehead atoms. The van der Waals surface area contributed by atoms with Gasteiger partial charge in [0, 0.05) is 31.0 Å². The number of fused-ring (bicyclic) bond motifs is 1. The van der Waals surface area contributed by atoms with Gasteiger partial charge in [-0.15, -0.1) is 0 Å². The smallest absolute Gasteiger partial charge is 0.229 e. The molecule has 1 atom stereocenters. The summed E-state index contributed by atoms with van der Waals surface area (Å²) in [5.74, 6) is 0.755. The van der Waals surface area contributed by atoms with Gasteiger partial charge in [-0.05, 0) is 105 Å². The third kappa shape index (κ3) is 5.15. The van der Waals surface area contributed by atoms with E-state index in [1.165, 1.54) is 4.90 Å². The van der Waals surface area contributed by atoms with Gasteiger partial charge in [-0.1, -0.05) is 19.8 Å². The molecule has 6 heteroatoms. The second-order valence-electron chi connectivity index (χ2n) is 11.2. The predicted octanol–water partition coefficient (Wildman–Crippen LogP) is 6.14. The van der Waals surface area contributed by atoms with Crippen LogP contribution in [0.2, 0.25) is 0 Å². The second-order valence-corrected chi connectivity index (χ2v) is 11.2. The van der Waals surface area contributed by atoms with Crippen LogP contribution in [-0.4, -0.2) is 47.3 Å². The number of piperidine rings is 1. The molecule has 1 saturated heterocycles. The molecule has 1 aromatic heterocycles. The first kappa shape index (κ1) is 25.2. The molecule has 5 nitrogen and oxygen atoms in total. The minimum absolute atomic E-state index is 0.0339. The maximum absolute atomic E-state index is 14.7. The van der Waals surface area contributed by atoms with Crippen molar-refractivity contribution in [2.75, 3.05) is 19.6 Å². The van der Waals surface area contributed by atoms with E-state index in [9.17, 15) is 14.0 Å². The summed E-state index contributed by atoms with van der Waals surface area (Å²) in [7, 11) is 0. The first-order chi connectivity index (χ1) is 17.5. The summed E-state index contributed by atoms with van der Waals surface area (Å²) in [6, 6.07) is 7.59. The highest BCUT2D eigenvalue weighted by molar-refractivity contribution is 5.98. The largest absolute Gasteiger partial charge is 0.464 e. The summed E-state index contributed by atoms with van der Waals surface area (Å²) in [6.07, 6.45) is 12.4. The molecule has 0 radical (unpaired) electrons. The number of hydrogen-bond acceptors (Lipinski definition) is 4. The fourth-order valence-electron chi connectivity index (χ4n) is 6.90. The Bertz CT molecular complexity index is 1050. The highest BCUT2D eigenvalue weighted by Crippen LogP contribution is 2.47. The molecule has 1 aromatic carbocycles. The molecule has 36 heavy (non-hydrogen) atoms. The van der Waals surface area contributed by atoms with E-state index in [2.05, 4.69) is 11.8 Å². The Hall–Kier alpha value is -2.47. The number of benzene rings is 1. The second kappa shape index (κ2) is 10.9. The van der Waals surface area contributed by atoms with Crippen molar-refractivity contribution in [3.63, 3.8) is 0 Å². The van der Waals surface area contributed by atoms with E-state index in [0.29, 0.717) is 25.4 Å². The summed E-state index contributed by atoms with van der Waals surface area (Å²) < 4.78 is 20.3. The van der Waals surface area contributed by atoms with E-state index in [-0.39, 0.29) is 23.0 Å². The Morgan fingerprint density at radius 1 is 1.06 bits per heavy atom. The Balaban J connectivity index is 1.19. The molecule has 3 aliphatic rings. The highest BCUT2D eigenvalue weighted by atomic mass is 19.1. The number of carbonyl (C=O) groups excluding carboxylic acids is 2. The zero-order valence-electron chi connectivity index (χ0n) is 21.6. The lowest BCUT2D eigenvalue weighted by atomic mass is 9.76. The van der Waals surface area contributed by atoms with E-state index in [0.717, 1.165) is 99.7 Å². The van der Waals surface area contributed by atoms with Gasteiger partial charge in [-0.3, -0.25) is 14.5 Å². The number of furan rings is 1. The number of likely N-dealkylation sites (tertiary alicyclic amines) is 1. The van der Waals surface area contributed by atoms with Gasteiger partial charge >= 0.3 is 0 Å². The monoisotopic (exact) mass is 494 g/mol. The zero-order chi connectivity index (χ0) is 25.1. The van der Waals surface area contributed by atoms with Gasteiger partial charge in [0.1, 0.15) is 11.6 Å². The maximum atomic E-state index is 14.7. The average Bonchev–Trinajstić information content (AvgIpc) is 3.55. The topological polar surface area (TPSA) is 53.8 Å². The van der Waals surface area contributed by atoms with Crippen molar-refractivity contribution in [2.45, 2.75) is 90.0 Å². The third-order valence-corrected chi connectivity index (χ3v) is 8.75. The van der Waals surface area contributed by atoms with Crippen molar-refractivity contribution in [3.8, 4) is 11.3 Å². The lowest BCUT2D eigenvalue weighted by molar-refractivity contribution is -0.153. The zero-order valence-corrected chi connectivity index (χ0v) is 21.6. The van der Waals surface area contributed by atoms with Crippen LogP contribution < -0.4 is 0 Å². The van der Waals surface area contributed by atoms with Crippen molar-refractivity contribution < 1.29 is 18.4 Å². The number of hydrogen-bond donors (Lipinski definition) is 0. The fraction of sp³-hybridized carbons (Fsp3) is 0.600. The van der Waals surface area contributed by atoms with Crippen LogP contribution in [0.4, 0.5) is 4.39 Å². The molecule has 194 valence electrons. The van der Waals surface area contributed by atoms with Crippen LogP contribution in [0, 0.1) is 11.2 Å². The Labute approximate surface area is 214 Å². The van der Waals surface area contributed by atoms with Crippen LogP contribution >= 0.6 is 0 Å². The molecule has 1 saturated carbocycles. The summed E-state index contributed by atoms with van der Waals surface area (Å²) in [6.45, 7) is 4.66. The van der Waals surface area contributed by atoms with Crippen molar-refractivity contribution >= 4 is 11.8 Å². The number of rotatable bonds is 9. The predicted molar refractivity (Wildman–Crippen MR) is 138 cm³/mol. The Kier molecular flexibility index (Phi) is 7.61. The fourth-order valence-corrected chi connectivity index (χ4v) is 6.90. The number of imide groups is 1. The first-order valence-corrected chi connectivity index (χ1v) is 13.9. The molecule has 0 N–H and O–H groups in total. The minimum atomic E-state index is -0.115. The summed E-state index contributed by atoms with van der Waals surface area (Å²) >= 11 is 0. The van der Waals surface area contributed by atoms with Gasteiger partial charge in [-0.2, -0.15) is 0 Å². The number of carbonyl (C=O) groups is 2. The van der Waals surface area contributed by atoms with Gasteiger partial charge in [0.2, 0.25) is 11.8 Å². The number of amides is 2. The first-order valence-electron chi connectivity index (χ1n) is 13.9. The molecular weight excluding hydrogens is 455 g/mol. The maximum Gasteiger partial charge on any atom is 0.229 e. The minimum Gasteiger partial charge on any atom is -0.464 e. The molecule has 0 unspecified atom stereocenters. The van der Waals surface area contributed by atoms with E-state index in [1.807, 2.05) is 18.2 Å². The molecule has 2 aliphatic carbocycles. The number of nitrogens with zero attached hydrogens (tertiary/aromatic N) is 2. The van der Waals surface area contributed by atoms with Crippen LogP contribution in [0.15, 0.2) is 34.9 Å². The van der Waals surface area contributed by atoms with Crippen molar-refractivity contribution in [1.29, 1.82) is 0 Å². The van der Waals surface area contributed by atoms with Crippen LogP contribution in [0.5, 0.6) is 0 Å². The highest BCUT2D eigenvalue weighted by Gasteiger charge is 2.44. The number of unbranched alkanes of at least 4 members (excludes halogenated alkanes) is 1. The van der Waals surface area contributed by atoms with Crippen LogP contribution in [-0.2, 0) is 22.4 Å². The molecule has 1 spiro atoms. The molecule has 2 amide bonds. The van der Waals surface area contributed by atoms with Gasteiger partial charge in [0.05, 0.1) is 6.26 Å². The van der Waals surface area contributed by atoms with Gasteiger partial charge in [0.25, 0.3) is 0 Å². The normalized spacial score (nSPS) is 21.5. The molecule has 2 heterocycles. The van der Waals surface area contributed by atoms with E-state index >= 15 is 0 Å². The van der Waals surface area contributed by atoms with Crippen molar-refractivity contribution in [2.24, 2.45) is 5.41 Å². The lowest BCUT2D eigenvalue weighted by Gasteiger charge is -2.38. The molecule has 2 aromatic rings. The summed E-state index contributed by atoms with van der Waals surface area (Å²) in [5, 5.41) is 0. The quantitative estimate of drug-likeness (QED) is 0.310. The number of halogens is 1. The van der Waals surface area contributed by atoms with Gasteiger partial charge in [-0.25, -0.2) is 4.39 Å². The van der Waals surface area contributed by atoms with Gasteiger partial charge in [0.15, 0.2) is 0 Å². The average molecular weight is 495 g/mol. The summed E-state index contributed by atoms with van der Waals surface area (Å²) in [4.78, 5) is 29.6. The van der Waals surface area contributed by atoms with E-state index in [1.54, 1.807) is 12.3 Å². The SMILES string of the molecule is CCCN(CCCCN1C(=O)CC2(CCCC2)CC1=O)[C@@H]1CCc2c(F)ccc(-c3ccco3)c2C1. The van der Waals surface area contributed by atoms with Crippen LogP contribution in [0.25, 0.3) is 11.3 Å². The molecule has 1 aliphatic heterocycles. The lowest BCUT2D eigenvalue weighted by Crippen LogP contribution is -2.47. The molecular formula is C30H39FN2O3. The van der Waals surface area contributed by atoms with E-state index < -0.39 is 0 Å². The van der Waals surface area contributed by atoms with Crippen molar-refractivity contribution in [1.82, 2.24) is 9.80 Å². The van der Waals surface area contributed by atoms with Crippen molar-refractivity contribution in [3.05, 3.63) is 47.5 Å². The van der Waals surface area contributed by atoms with E-state index in [4.69, 9.17) is 4.42 Å². The Morgan fingerprint density at radius 2 is 1.83 bits per heavy atom.